The number of methoxy groups -OCH3 is 2. The largest absolute Gasteiger partial charge is 0.497 e. The number of amides is 2. The number of esters is 1. The molecular weight excluding hydrogens is 396 g/mol. The van der Waals surface area contributed by atoms with Gasteiger partial charge in [0.15, 0.2) is 0 Å². The number of ether oxygens (including phenoxy) is 3. The molecule has 2 aromatic rings. The molecule has 0 bridgehead atoms. The fraction of sp³-hybridized carbons (Fsp3) is 0.333. The van der Waals surface area contributed by atoms with Crippen LogP contribution in [0.25, 0.3) is 6.08 Å². The van der Waals surface area contributed by atoms with E-state index >= 15 is 0 Å². The normalized spacial score (nSPS) is 15.7. The first-order chi connectivity index (χ1) is 15.0. The van der Waals surface area contributed by atoms with Crippen molar-refractivity contribution in [1.82, 2.24) is 4.90 Å². The smallest absolute Gasteiger partial charge is 0.330 e. The number of hydrogen-bond acceptors (Lipinski definition) is 5. The van der Waals surface area contributed by atoms with Gasteiger partial charge in [0, 0.05) is 23.9 Å². The van der Waals surface area contributed by atoms with Crippen molar-refractivity contribution >= 4 is 23.8 Å². The zero-order chi connectivity index (χ0) is 22.2. The molecule has 1 saturated heterocycles. The summed E-state index contributed by atoms with van der Waals surface area (Å²) in [6.07, 6.45) is 4.83. The van der Waals surface area contributed by atoms with Crippen LogP contribution in [0.5, 0.6) is 11.5 Å². The van der Waals surface area contributed by atoms with Gasteiger partial charge in [0.2, 0.25) is 0 Å². The second kappa shape index (κ2) is 10.5. The molecule has 0 unspecified atom stereocenters. The molecule has 2 aromatic carbocycles. The van der Waals surface area contributed by atoms with Crippen molar-refractivity contribution < 1.29 is 23.8 Å². The standard InChI is InChI=1S/C24H28N2O5/c1-4-31-23(27)14-9-17-7-10-18(11-8-17)25-24(28)26-15-5-6-21(26)20-16-19(29-2)12-13-22(20)30-3/h7-14,16,21H,4-6,15H2,1-3H3,(H,25,28)/b14-9+/t21-/m0/s1. The predicted molar refractivity (Wildman–Crippen MR) is 119 cm³/mol. The lowest BCUT2D eigenvalue weighted by Crippen LogP contribution is -2.34. The van der Waals surface area contributed by atoms with Crippen molar-refractivity contribution in [2.75, 3.05) is 32.7 Å². The van der Waals surface area contributed by atoms with Crippen LogP contribution < -0.4 is 14.8 Å². The third-order valence-electron chi connectivity index (χ3n) is 5.17. The number of hydrogen-bond donors (Lipinski definition) is 1. The van der Waals surface area contributed by atoms with Crippen LogP contribution in [0.3, 0.4) is 0 Å². The summed E-state index contributed by atoms with van der Waals surface area (Å²) in [5, 5.41) is 2.96. The highest BCUT2D eigenvalue weighted by Gasteiger charge is 2.32. The third-order valence-corrected chi connectivity index (χ3v) is 5.17. The first-order valence-corrected chi connectivity index (χ1v) is 10.3. The molecule has 0 aliphatic carbocycles. The van der Waals surface area contributed by atoms with Gasteiger partial charge < -0.3 is 24.4 Å². The number of benzene rings is 2. The maximum absolute atomic E-state index is 13.0. The number of nitrogens with one attached hydrogen (secondary N) is 1. The Kier molecular flexibility index (Phi) is 7.54. The van der Waals surface area contributed by atoms with Crippen molar-refractivity contribution in [3.05, 3.63) is 59.7 Å². The van der Waals surface area contributed by atoms with Crippen LogP contribution in [0, 0.1) is 0 Å². The molecule has 0 radical (unpaired) electrons. The quantitative estimate of drug-likeness (QED) is 0.517. The molecule has 0 spiro atoms. The van der Waals surface area contributed by atoms with Crippen molar-refractivity contribution in [3.63, 3.8) is 0 Å². The Balaban J connectivity index is 1.69. The molecular formula is C24H28N2O5. The summed E-state index contributed by atoms with van der Waals surface area (Å²) in [5.74, 6) is 1.09. The number of rotatable bonds is 7. The van der Waals surface area contributed by atoms with E-state index in [4.69, 9.17) is 14.2 Å². The Hall–Kier alpha value is -3.48. The molecule has 0 aromatic heterocycles. The van der Waals surface area contributed by atoms with Crippen molar-refractivity contribution in [1.29, 1.82) is 0 Å². The van der Waals surface area contributed by atoms with Gasteiger partial charge in [-0.05, 0) is 61.7 Å². The number of carbonyl (C=O) groups excluding carboxylic acids is 2. The van der Waals surface area contributed by atoms with E-state index in [1.165, 1.54) is 6.08 Å². The molecule has 2 amide bonds. The van der Waals surface area contributed by atoms with Crippen molar-refractivity contribution in [2.45, 2.75) is 25.8 Å². The molecule has 31 heavy (non-hydrogen) atoms. The number of urea groups is 1. The molecule has 7 heteroatoms. The summed E-state index contributed by atoms with van der Waals surface area (Å²) in [6, 6.07) is 12.7. The Morgan fingerprint density at radius 1 is 1.13 bits per heavy atom. The highest BCUT2D eigenvalue weighted by atomic mass is 16.5. The summed E-state index contributed by atoms with van der Waals surface area (Å²) < 4.78 is 15.7. The molecule has 1 aliphatic rings. The van der Waals surface area contributed by atoms with E-state index in [2.05, 4.69) is 5.32 Å². The summed E-state index contributed by atoms with van der Waals surface area (Å²) in [5.41, 5.74) is 2.46. The van der Waals surface area contributed by atoms with Gasteiger partial charge >= 0.3 is 12.0 Å². The van der Waals surface area contributed by atoms with Gasteiger partial charge in [-0.15, -0.1) is 0 Å². The number of carbonyl (C=O) groups is 2. The van der Waals surface area contributed by atoms with Crippen LogP contribution in [0.2, 0.25) is 0 Å². The van der Waals surface area contributed by atoms with Crippen LogP contribution in [-0.2, 0) is 9.53 Å². The summed E-state index contributed by atoms with van der Waals surface area (Å²) in [7, 11) is 3.25. The Labute approximate surface area is 182 Å². The molecule has 1 atom stereocenters. The van der Waals surface area contributed by atoms with Gasteiger partial charge in [0.1, 0.15) is 11.5 Å². The first kappa shape index (κ1) is 22.2. The molecule has 7 nitrogen and oxygen atoms in total. The molecule has 3 rings (SSSR count). The fourth-order valence-electron chi connectivity index (χ4n) is 3.66. The zero-order valence-electron chi connectivity index (χ0n) is 18.1. The van der Waals surface area contributed by atoms with Gasteiger partial charge in [0.25, 0.3) is 0 Å². The van der Waals surface area contributed by atoms with E-state index < -0.39 is 0 Å². The maximum Gasteiger partial charge on any atom is 0.330 e. The van der Waals surface area contributed by atoms with E-state index in [1.54, 1.807) is 39.4 Å². The number of anilines is 1. The van der Waals surface area contributed by atoms with Crippen LogP contribution in [-0.4, -0.2) is 44.3 Å². The lowest BCUT2D eigenvalue weighted by Gasteiger charge is -2.27. The van der Waals surface area contributed by atoms with E-state index in [9.17, 15) is 9.59 Å². The minimum atomic E-state index is -0.382. The lowest BCUT2D eigenvalue weighted by molar-refractivity contribution is -0.137. The summed E-state index contributed by atoms with van der Waals surface area (Å²) >= 11 is 0. The summed E-state index contributed by atoms with van der Waals surface area (Å²) in [6.45, 7) is 2.77. The van der Waals surface area contributed by atoms with E-state index in [0.717, 1.165) is 35.5 Å². The Bertz CT molecular complexity index is 939. The van der Waals surface area contributed by atoms with Gasteiger partial charge in [-0.3, -0.25) is 0 Å². The van der Waals surface area contributed by atoms with Crippen LogP contribution in [0.15, 0.2) is 48.5 Å². The highest BCUT2D eigenvalue weighted by Crippen LogP contribution is 2.39. The van der Waals surface area contributed by atoms with Crippen molar-refractivity contribution in [2.24, 2.45) is 0 Å². The minimum absolute atomic E-state index is 0.0863. The second-order valence-corrected chi connectivity index (χ2v) is 7.10. The maximum atomic E-state index is 13.0. The monoisotopic (exact) mass is 424 g/mol. The fourth-order valence-corrected chi connectivity index (χ4v) is 3.66. The third kappa shape index (κ3) is 5.57. The van der Waals surface area contributed by atoms with Crippen LogP contribution in [0.4, 0.5) is 10.5 Å². The predicted octanol–water partition coefficient (Wildman–Crippen LogP) is 4.65. The average Bonchev–Trinajstić information content (AvgIpc) is 3.28. The summed E-state index contributed by atoms with van der Waals surface area (Å²) in [4.78, 5) is 26.2. The van der Waals surface area contributed by atoms with Gasteiger partial charge in [0.05, 0.1) is 26.9 Å². The molecule has 164 valence electrons. The molecule has 1 N–H and O–H groups in total. The molecule has 1 heterocycles. The van der Waals surface area contributed by atoms with Gasteiger partial charge in [-0.25, -0.2) is 9.59 Å². The molecule has 1 fully saturated rings. The molecule has 0 saturated carbocycles. The Morgan fingerprint density at radius 2 is 1.90 bits per heavy atom. The van der Waals surface area contributed by atoms with E-state index in [1.807, 2.05) is 35.2 Å². The van der Waals surface area contributed by atoms with Crippen LogP contribution in [0.1, 0.15) is 36.9 Å². The average molecular weight is 424 g/mol. The second-order valence-electron chi connectivity index (χ2n) is 7.10. The van der Waals surface area contributed by atoms with Gasteiger partial charge in [-0.2, -0.15) is 0 Å². The minimum Gasteiger partial charge on any atom is -0.497 e. The van der Waals surface area contributed by atoms with E-state index in [0.29, 0.717) is 18.8 Å². The first-order valence-electron chi connectivity index (χ1n) is 10.3. The van der Waals surface area contributed by atoms with Crippen molar-refractivity contribution in [3.8, 4) is 11.5 Å². The SMILES string of the molecule is CCOC(=O)/C=C/c1ccc(NC(=O)N2CCC[C@H]2c2cc(OC)ccc2OC)cc1. The lowest BCUT2D eigenvalue weighted by atomic mass is 10.0. The Morgan fingerprint density at radius 3 is 2.58 bits per heavy atom. The van der Waals surface area contributed by atoms with Gasteiger partial charge in [-0.1, -0.05) is 12.1 Å². The zero-order valence-corrected chi connectivity index (χ0v) is 18.1. The topological polar surface area (TPSA) is 77.1 Å². The number of likely N-dealkylation sites (tertiary alicyclic amines) is 1. The highest BCUT2D eigenvalue weighted by molar-refractivity contribution is 5.90. The molecule has 1 aliphatic heterocycles. The number of nitrogens with zero attached hydrogens (tertiary/aromatic N) is 1. The van der Waals surface area contributed by atoms with E-state index in [-0.39, 0.29) is 18.0 Å². The van der Waals surface area contributed by atoms with Crippen LogP contribution >= 0.6 is 0 Å².